The minimum absolute atomic E-state index is 0.0332. The highest BCUT2D eigenvalue weighted by Crippen LogP contribution is 1.88. The number of hydrogen-bond donors (Lipinski definition) is 3. The smallest absolute Gasteiger partial charge is 0.322 e. The van der Waals surface area contributed by atoms with Crippen molar-refractivity contribution in [2.75, 3.05) is 18.6 Å². The van der Waals surface area contributed by atoms with Crippen molar-refractivity contribution >= 4 is 23.1 Å². The van der Waals surface area contributed by atoms with Crippen LogP contribution in [0.1, 0.15) is 0 Å². The van der Waals surface area contributed by atoms with Crippen molar-refractivity contribution in [2.45, 2.75) is 6.04 Å². The minimum atomic E-state index is -1.16. The van der Waals surface area contributed by atoms with Gasteiger partial charge in [0.05, 0.1) is 6.26 Å². The lowest BCUT2D eigenvalue weighted by atomic mass is 10.3. The maximum absolute atomic E-state index is 10.9. The summed E-state index contributed by atoms with van der Waals surface area (Å²) >= 11 is -1.16. The molecule has 1 amide bonds. The summed E-state index contributed by atoms with van der Waals surface area (Å²) in [6.07, 6.45) is 1.42. The first-order chi connectivity index (χ1) is 5.93. The molecule has 0 fully saturated rings. The summed E-state index contributed by atoms with van der Waals surface area (Å²) in [5, 5.41) is 10.3. The van der Waals surface area contributed by atoms with Gasteiger partial charge in [0.15, 0.2) is 0 Å². The van der Waals surface area contributed by atoms with E-state index in [4.69, 9.17) is 10.8 Å². The van der Waals surface area contributed by atoms with Gasteiger partial charge in [-0.05, 0) is 0 Å². The van der Waals surface area contributed by atoms with Gasteiger partial charge in [-0.2, -0.15) is 0 Å². The van der Waals surface area contributed by atoms with E-state index in [2.05, 4.69) is 5.32 Å². The minimum Gasteiger partial charge on any atom is -0.616 e. The van der Waals surface area contributed by atoms with Crippen LogP contribution in [0, 0.1) is 0 Å². The predicted octanol–water partition coefficient (Wildman–Crippen LogP) is -2.11. The third-order valence-electron chi connectivity index (χ3n) is 1.16. The Labute approximate surface area is 78.7 Å². The highest BCUT2D eigenvalue weighted by molar-refractivity contribution is 7.90. The summed E-state index contributed by atoms with van der Waals surface area (Å²) in [6.45, 7) is -0.469. The molecule has 0 aliphatic rings. The number of carbonyl (C=O) groups is 2. The Kier molecular flexibility index (Phi) is 5.44. The van der Waals surface area contributed by atoms with Crippen molar-refractivity contribution in [3.05, 3.63) is 0 Å². The fourth-order valence-corrected chi connectivity index (χ4v) is 1.28. The Morgan fingerprint density at radius 1 is 1.69 bits per heavy atom. The summed E-state index contributed by atoms with van der Waals surface area (Å²) in [6, 6.07) is -0.912. The molecule has 0 aromatic carbocycles. The van der Waals surface area contributed by atoms with Crippen LogP contribution in [0.15, 0.2) is 0 Å². The first kappa shape index (κ1) is 12.2. The molecule has 13 heavy (non-hydrogen) atoms. The van der Waals surface area contributed by atoms with Crippen molar-refractivity contribution in [3.8, 4) is 0 Å². The first-order valence-electron chi connectivity index (χ1n) is 3.48. The highest BCUT2D eigenvalue weighted by atomic mass is 32.2. The second kappa shape index (κ2) is 5.79. The SMILES string of the molecule is C[S+]([O-])CC(N)C(=O)NCC(=O)O. The normalized spacial score (nSPS) is 14.7. The maximum atomic E-state index is 10.9. The molecule has 0 saturated carbocycles. The zero-order valence-electron chi connectivity index (χ0n) is 7.15. The van der Waals surface area contributed by atoms with Crippen LogP contribution in [0.4, 0.5) is 0 Å². The Morgan fingerprint density at radius 2 is 2.23 bits per heavy atom. The molecule has 0 aliphatic carbocycles. The van der Waals surface area contributed by atoms with Gasteiger partial charge in [-0.25, -0.2) is 0 Å². The van der Waals surface area contributed by atoms with Gasteiger partial charge in [-0.15, -0.1) is 0 Å². The maximum Gasteiger partial charge on any atom is 0.322 e. The van der Waals surface area contributed by atoms with Crippen molar-refractivity contribution in [1.29, 1.82) is 0 Å². The van der Waals surface area contributed by atoms with Gasteiger partial charge in [0.2, 0.25) is 5.91 Å². The van der Waals surface area contributed by atoms with Gasteiger partial charge in [0, 0.05) is 0 Å². The van der Waals surface area contributed by atoms with Gasteiger partial charge in [-0.3, -0.25) is 9.59 Å². The summed E-state index contributed by atoms with van der Waals surface area (Å²) < 4.78 is 10.6. The molecular formula is C6H12N2O4S. The summed E-state index contributed by atoms with van der Waals surface area (Å²) in [7, 11) is 0. The van der Waals surface area contributed by atoms with Gasteiger partial charge in [0.1, 0.15) is 18.3 Å². The number of aliphatic carboxylic acids is 1. The predicted molar refractivity (Wildman–Crippen MR) is 47.6 cm³/mol. The van der Waals surface area contributed by atoms with Gasteiger partial charge < -0.3 is 20.7 Å². The van der Waals surface area contributed by atoms with Crippen LogP contribution in [0.3, 0.4) is 0 Å². The summed E-state index contributed by atoms with van der Waals surface area (Å²) in [4.78, 5) is 21.0. The van der Waals surface area contributed by atoms with Crippen molar-refractivity contribution in [3.63, 3.8) is 0 Å². The van der Waals surface area contributed by atoms with Crippen molar-refractivity contribution in [2.24, 2.45) is 5.73 Å². The summed E-state index contributed by atoms with van der Waals surface area (Å²) in [5.74, 6) is -1.71. The van der Waals surface area contributed by atoms with Crippen LogP contribution < -0.4 is 11.1 Å². The average molecular weight is 208 g/mol. The van der Waals surface area contributed by atoms with Crippen LogP contribution in [0.2, 0.25) is 0 Å². The zero-order valence-corrected chi connectivity index (χ0v) is 7.97. The van der Waals surface area contributed by atoms with Crippen LogP contribution in [0.5, 0.6) is 0 Å². The molecule has 0 heterocycles. The molecule has 4 N–H and O–H groups in total. The molecule has 0 spiro atoms. The van der Waals surface area contributed by atoms with E-state index < -0.39 is 35.6 Å². The Balaban J connectivity index is 3.76. The lowest BCUT2D eigenvalue weighted by Crippen LogP contribution is -2.46. The molecule has 0 rings (SSSR count). The van der Waals surface area contributed by atoms with E-state index in [1.165, 1.54) is 6.26 Å². The molecule has 76 valence electrons. The molecule has 7 heteroatoms. The first-order valence-corrected chi connectivity index (χ1v) is 5.21. The number of nitrogens with one attached hydrogen (secondary N) is 1. The van der Waals surface area contributed by atoms with E-state index >= 15 is 0 Å². The van der Waals surface area contributed by atoms with Gasteiger partial charge in [0.25, 0.3) is 0 Å². The molecule has 2 atom stereocenters. The standard InChI is InChI=1S/C6H12N2O4S/c1-13(12)3-4(7)6(11)8-2-5(9)10/h4H,2-3,7H2,1H3,(H,8,11)(H,9,10). The quantitative estimate of drug-likeness (QED) is 0.447. The van der Waals surface area contributed by atoms with Crippen LogP contribution in [0.25, 0.3) is 0 Å². The van der Waals surface area contributed by atoms with E-state index in [0.29, 0.717) is 0 Å². The number of carbonyl (C=O) groups excluding carboxylic acids is 1. The fourth-order valence-electron chi connectivity index (χ4n) is 0.622. The topological polar surface area (TPSA) is 115 Å². The Hall–Kier alpha value is -0.790. The van der Waals surface area contributed by atoms with Crippen LogP contribution >= 0.6 is 0 Å². The van der Waals surface area contributed by atoms with Gasteiger partial charge in [-0.1, -0.05) is 11.2 Å². The van der Waals surface area contributed by atoms with E-state index in [1.807, 2.05) is 0 Å². The highest BCUT2D eigenvalue weighted by Gasteiger charge is 2.17. The van der Waals surface area contributed by atoms with Crippen LogP contribution in [-0.4, -0.2) is 46.1 Å². The third kappa shape index (κ3) is 6.38. The molecule has 0 saturated heterocycles. The number of hydrogen-bond acceptors (Lipinski definition) is 4. The van der Waals surface area contributed by atoms with E-state index in [9.17, 15) is 14.1 Å². The van der Waals surface area contributed by atoms with E-state index in [1.54, 1.807) is 0 Å². The van der Waals surface area contributed by atoms with Crippen molar-refractivity contribution < 1.29 is 19.2 Å². The molecule has 0 bridgehead atoms. The molecule has 2 unspecified atom stereocenters. The monoisotopic (exact) mass is 208 g/mol. The van der Waals surface area contributed by atoms with Crippen molar-refractivity contribution in [1.82, 2.24) is 5.32 Å². The Bertz CT molecular complexity index is 197. The number of amides is 1. The largest absolute Gasteiger partial charge is 0.616 e. The zero-order chi connectivity index (χ0) is 10.4. The molecular weight excluding hydrogens is 196 g/mol. The fraction of sp³-hybridized carbons (Fsp3) is 0.667. The van der Waals surface area contributed by atoms with Gasteiger partial charge >= 0.3 is 5.97 Å². The molecule has 6 nitrogen and oxygen atoms in total. The third-order valence-corrected chi connectivity index (χ3v) is 1.99. The van der Waals surface area contributed by atoms with E-state index in [0.717, 1.165) is 0 Å². The molecule has 0 aromatic rings. The van der Waals surface area contributed by atoms with Crippen LogP contribution in [-0.2, 0) is 20.8 Å². The second-order valence-corrected chi connectivity index (χ2v) is 3.94. The second-order valence-electron chi connectivity index (χ2n) is 2.46. The summed E-state index contributed by atoms with van der Waals surface area (Å²) in [5.41, 5.74) is 5.31. The lowest BCUT2D eigenvalue weighted by molar-refractivity contribution is -0.138. The molecule has 0 radical (unpaired) electrons. The number of nitrogens with two attached hydrogens (primary N) is 1. The Morgan fingerprint density at radius 3 is 2.62 bits per heavy atom. The molecule has 0 aliphatic heterocycles. The van der Waals surface area contributed by atoms with E-state index in [-0.39, 0.29) is 5.75 Å². The number of rotatable bonds is 5. The number of carboxylic acid groups (broad SMARTS) is 1. The lowest BCUT2D eigenvalue weighted by Gasteiger charge is -2.11. The number of carboxylic acids is 1. The molecule has 0 aromatic heterocycles. The average Bonchev–Trinajstić information content (AvgIpc) is 1.98.